The van der Waals surface area contributed by atoms with E-state index in [-0.39, 0.29) is 12.1 Å². The molecule has 0 aliphatic rings. The number of hydrazine groups is 1. The number of aliphatic hydroxyl groups is 1. The van der Waals surface area contributed by atoms with E-state index in [1.165, 1.54) is 0 Å². The topological polar surface area (TPSA) is 105 Å². The second-order valence-electron chi connectivity index (χ2n) is 6.97. The number of rotatable bonds is 7. The lowest BCUT2D eigenvalue weighted by Crippen LogP contribution is -2.42. The van der Waals surface area contributed by atoms with Crippen LogP contribution in [0.4, 0.5) is 5.82 Å². The van der Waals surface area contributed by atoms with Crippen LogP contribution in [-0.2, 0) is 0 Å². The summed E-state index contributed by atoms with van der Waals surface area (Å²) >= 11 is 0. The fraction of sp³-hybridized carbons (Fsp3) is 0.444. The van der Waals surface area contributed by atoms with Crippen LogP contribution in [0.1, 0.15) is 26.3 Å². The Kier molecular flexibility index (Phi) is 6.30. The zero-order chi connectivity index (χ0) is 18.4. The number of ether oxygens (including phenoxy) is 1. The first-order valence-corrected chi connectivity index (χ1v) is 8.26. The molecular weight excluding hydrogens is 318 g/mol. The van der Waals surface area contributed by atoms with Crippen LogP contribution in [0.5, 0.6) is 5.75 Å². The molecule has 1 aromatic heterocycles. The lowest BCUT2D eigenvalue weighted by molar-refractivity contribution is 0.0997. The molecule has 0 fully saturated rings. The summed E-state index contributed by atoms with van der Waals surface area (Å²) in [5.74, 6) is 6.53. The van der Waals surface area contributed by atoms with E-state index in [4.69, 9.17) is 10.6 Å². The van der Waals surface area contributed by atoms with E-state index in [1.54, 1.807) is 6.07 Å². The van der Waals surface area contributed by atoms with E-state index in [9.17, 15) is 5.11 Å². The normalized spacial score (nSPS) is 12.7. The van der Waals surface area contributed by atoms with Crippen LogP contribution in [0.2, 0.25) is 0 Å². The third-order valence-corrected chi connectivity index (χ3v) is 3.67. The van der Waals surface area contributed by atoms with Gasteiger partial charge in [-0.05, 0) is 45.9 Å². The number of aliphatic hydroxyl groups excluding tert-OH is 1. The Hall–Kier alpha value is -2.22. The minimum Gasteiger partial charge on any atom is -0.491 e. The minimum absolute atomic E-state index is 0.0416. The van der Waals surface area contributed by atoms with Gasteiger partial charge in [0.2, 0.25) is 0 Å². The summed E-state index contributed by atoms with van der Waals surface area (Å²) in [6.45, 7) is 8.82. The van der Waals surface area contributed by atoms with E-state index in [0.717, 1.165) is 22.6 Å². The van der Waals surface area contributed by atoms with Gasteiger partial charge in [-0.15, -0.1) is 10.2 Å². The number of aromatic nitrogens is 2. The van der Waals surface area contributed by atoms with Crippen molar-refractivity contribution in [2.75, 3.05) is 18.6 Å². The first kappa shape index (κ1) is 19.1. The molecule has 0 spiro atoms. The number of nitrogen functional groups attached to an aromatic ring is 1. The Labute approximate surface area is 148 Å². The SMILES string of the molecule is Cc1c(OCC(O)CNC(C)(C)C)cccc1-c1ccc(NN)nn1. The van der Waals surface area contributed by atoms with Gasteiger partial charge >= 0.3 is 0 Å². The summed E-state index contributed by atoms with van der Waals surface area (Å²) in [7, 11) is 0. The molecule has 1 unspecified atom stereocenters. The van der Waals surface area contributed by atoms with E-state index in [1.807, 2.05) is 31.2 Å². The Morgan fingerprint density at radius 3 is 2.56 bits per heavy atom. The van der Waals surface area contributed by atoms with Crippen molar-refractivity contribution in [3.63, 3.8) is 0 Å². The second-order valence-corrected chi connectivity index (χ2v) is 6.97. The molecule has 1 aromatic carbocycles. The molecule has 2 aromatic rings. The highest BCUT2D eigenvalue weighted by atomic mass is 16.5. The minimum atomic E-state index is -0.586. The maximum atomic E-state index is 10.1. The zero-order valence-corrected chi connectivity index (χ0v) is 15.2. The van der Waals surface area contributed by atoms with Gasteiger partial charge in [0.05, 0.1) is 5.69 Å². The summed E-state index contributed by atoms with van der Waals surface area (Å²) in [6.07, 6.45) is -0.586. The number of nitrogens with two attached hydrogens (primary N) is 1. The van der Waals surface area contributed by atoms with Gasteiger partial charge in [0.15, 0.2) is 5.82 Å². The highest BCUT2D eigenvalue weighted by molar-refractivity contribution is 5.66. The Balaban J connectivity index is 2.05. The molecule has 1 heterocycles. The summed E-state index contributed by atoms with van der Waals surface area (Å²) < 4.78 is 5.80. The number of nitrogens with zero attached hydrogens (tertiary/aromatic N) is 2. The van der Waals surface area contributed by atoms with Gasteiger partial charge in [-0.25, -0.2) is 5.84 Å². The van der Waals surface area contributed by atoms with Gasteiger partial charge in [0, 0.05) is 23.2 Å². The van der Waals surface area contributed by atoms with Crippen molar-refractivity contribution in [3.05, 3.63) is 35.9 Å². The summed E-state index contributed by atoms with van der Waals surface area (Å²) in [4.78, 5) is 0. The van der Waals surface area contributed by atoms with Crippen LogP contribution in [0, 0.1) is 6.92 Å². The van der Waals surface area contributed by atoms with E-state index >= 15 is 0 Å². The van der Waals surface area contributed by atoms with Crippen molar-refractivity contribution in [3.8, 4) is 17.0 Å². The summed E-state index contributed by atoms with van der Waals surface area (Å²) in [5.41, 5.74) is 5.02. The van der Waals surface area contributed by atoms with Crippen molar-refractivity contribution >= 4 is 5.82 Å². The summed E-state index contributed by atoms with van der Waals surface area (Å²) in [6, 6.07) is 9.34. The van der Waals surface area contributed by atoms with Crippen LogP contribution in [-0.4, -0.2) is 40.1 Å². The molecule has 7 nitrogen and oxygen atoms in total. The Bertz CT molecular complexity index is 683. The third-order valence-electron chi connectivity index (χ3n) is 3.67. The molecule has 0 bridgehead atoms. The number of benzene rings is 1. The zero-order valence-electron chi connectivity index (χ0n) is 15.2. The monoisotopic (exact) mass is 345 g/mol. The largest absolute Gasteiger partial charge is 0.491 e. The smallest absolute Gasteiger partial charge is 0.162 e. The average molecular weight is 345 g/mol. The Morgan fingerprint density at radius 1 is 1.20 bits per heavy atom. The molecule has 7 heteroatoms. The van der Waals surface area contributed by atoms with Crippen molar-refractivity contribution in [2.45, 2.75) is 39.3 Å². The standard InChI is InChI=1S/C18H27N5O2/c1-12-14(15-8-9-17(21-19)23-22-15)6-5-7-16(12)25-11-13(24)10-20-18(2,3)4/h5-9,13,20,24H,10-11,19H2,1-4H3,(H,21,23). The van der Waals surface area contributed by atoms with E-state index < -0.39 is 6.10 Å². The fourth-order valence-corrected chi connectivity index (χ4v) is 2.27. The van der Waals surface area contributed by atoms with Gasteiger partial charge in [-0.2, -0.15) is 0 Å². The molecule has 0 aliphatic heterocycles. The molecular formula is C18H27N5O2. The van der Waals surface area contributed by atoms with Crippen LogP contribution < -0.4 is 21.3 Å². The highest BCUT2D eigenvalue weighted by Gasteiger charge is 2.14. The molecule has 0 saturated carbocycles. The van der Waals surface area contributed by atoms with Gasteiger partial charge < -0.3 is 20.6 Å². The first-order valence-electron chi connectivity index (χ1n) is 8.26. The maximum Gasteiger partial charge on any atom is 0.162 e. The number of β-amino-alcohol motifs (C(OH)–C–C–N with tert-alkyl or cyclic N) is 1. The molecule has 0 radical (unpaired) electrons. The molecule has 0 aliphatic carbocycles. The maximum absolute atomic E-state index is 10.1. The molecule has 25 heavy (non-hydrogen) atoms. The van der Waals surface area contributed by atoms with Crippen LogP contribution in [0.25, 0.3) is 11.3 Å². The van der Waals surface area contributed by atoms with Crippen molar-refractivity contribution < 1.29 is 9.84 Å². The van der Waals surface area contributed by atoms with Gasteiger partial charge in [0.1, 0.15) is 18.5 Å². The second kappa shape index (κ2) is 8.24. The molecule has 0 saturated heterocycles. The van der Waals surface area contributed by atoms with Gasteiger partial charge in [-0.1, -0.05) is 12.1 Å². The molecule has 5 N–H and O–H groups in total. The van der Waals surface area contributed by atoms with E-state index in [0.29, 0.717) is 12.4 Å². The molecule has 1 atom stereocenters. The van der Waals surface area contributed by atoms with Crippen molar-refractivity contribution in [1.82, 2.24) is 15.5 Å². The molecule has 0 amide bonds. The Morgan fingerprint density at radius 2 is 1.96 bits per heavy atom. The number of anilines is 1. The van der Waals surface area contributed by atoms with Gasteiger partial charge in [-0.3, -0.25) is 0 Å². The number of nitrogens with one attached hydrogen (secondary N) is 2. The van der Waals surface area contributed by atoms with E-state index in [2.05, 4.69) is 41.7 Å². The fourth-order valence-electron chi connectivity index (χ4n) is 2.27. The average Bonchev–Trinajstić information content (AvgIpc) is 2.58. The lowest BCUT2D eigenvalue weighted by Gasteiger charge is -2.23. The molecule has 2 rings (SSSR count). The lowest BCUT2D eigenvalue weighted by atomic mass is 10.0. The quantitative estimate of drug-likeness (QED) is 0.448. The van der Waals surface area contributed by atoms with Crippen LogP contribution in [0.3, 0.4) is 0 Å². The van der Waals surface area contributed by atoms with Crippen molar-refractivity contribution in [2.24, 2.45) is 5.84 Å². The number of hydrogen-bond acceptors (Lipinski definition) is 7. The molecule has 136 valence electrons. The van der Waals surface area contributed by atoms with Crippen molar-refractivity contribution in [1.29, 1.82) is 0 Å². The third kappa shape index (κ3) is 5.67. The highest BCUT2D eigenvalue weighted by Crippen LogP contribution is 2.28. The number of hydrogen-bond donors (Lipinski definition) is 4. The summed E-state index contributed by atoms with van der Waals surface area (Å²) in [5, 5.41) is 21.5. The van der Waals surface area contributed by atoms with Crippen LogP contribution in [0.15, 0.2) is 30.3 Å². The first-order chi connectivity index (χ1) is 11.8. The van der Waals surface area contributed by atoms with Crippen LogP contribution >= 0.6 is 0 Å². The van der Waals surface area contributed by atoms with Gasteiger partial charge in [0.25, 0.3) is 0 Å². The predicted octanol–water partition coefficient (Wildman–Crippen LogP) is 1.87. The predicted molar refractivity (Wildman–Crippen MR) is 99.3 cm³/mol.